The van der Waals surface area contributed by atoms with Crippen molar-refractivity contribution >= 4 is 32.5 Å². The van der Waals surface area contributed by atoms with Crippen molar-refractivity contribution in [3.05, 3.63) is 84.1 Å². The Morgan fingerprint density at radius 1 is 1.05 bits per heavy atom. The van der Waals surface area contributed by atoms with Gasteiger partial charge >= 0.3 is 6.36 Å². The number of para-hydroxylation sites is 1. The second kappa shape index (κ2) is 10.8. The third-order valence-electron chi connectivity index (χ3n) is 5.71. The predicted octanol–water partition coefficient (Wildman–Crippen LogP) is 4.40. The molecule has 5 N–H and O–H groups in total. The van der Waals surface area contributed by atoms with E-state index in [1.165, 1.54) is 24.3 Å². The number of hydrogen-bond donors (Lipinski definition) is 4. The van der Waals surface area contributed by atoms with E-state index in [1.54, 1.807) is 18.3 Å². The van der Waals surface area contributed by atoms with Gasteiger partial charge in [0.05, 0.1) is 11.8 Å². The second-order valence-corrected chi connectivity index (χ2v) is 10.4. The molecule has 4 rings (SSSR count). The summed E-state index contributed by atoms with van der Waals surface area (Å²) < 4.78 is 69.0. The maximum atomic E-state index is 13.2. The fraction of sp³-hybridized carbons (Fsp3) is 0.192. The number of carbonyl (C=O) groups excluding carboxylic acids is 1. The molecule has 4 aromatic rings. The number of fused-ring (bicyclic) bond motifs is 1. The van der Waals surface area contributed by atoms with Crippen molar-refractivity contribution in [2.45, 2.75) is 18.8 Å². The van der Waals surface area contributed by atoms with Gasteiger partial charge in [-0.15, -0.1) is 13.2 Å². The largest absolute Gasteiger partial charge is 0.573 e. The lowest BCUT2D eigenvalue weighted by atomic mass is 10.0. The number of H-pyrrole nitrogens is 1. The zero-order chi connectivity index (χ0) is 27.5. The molecule has 1 aromatic heterocycles. The van der Waals surface area contributed by atoms with Gasteiger partial charge in [0.1, 0.15) is 5.75 Å². The summed E-state index contributed by atoms with van der Waals surface area (Å²) in [6, 6.07) is 16.9. The number of amides is 1. The van der Waals surface area contributed by atoms with Gasteiger partial charge in [-0.25, -0.2) is 8.42 Å². The molecule has 0 spiro atoms. The maximum absolute atomic E-state index is 13.2. The number of nitrogens with two attached hydrogens (primary N) is 1. The number of benzene rings is 3. The summed E-state index contributed by atoms with van der Waals surface area (Å²) in [7, 11) is -3.55. The summed E-state index contributed by atoms with van der Waals surface area (Å²) in [6.45, 7) is 0.0413. The Balaban J connectivity index is 1.64. The van der Waals surface area contributed by atoms with Gasteiger partial charge in [0, 0.05) is 35.4 Å². The van der Waals surface area contributed by atoms with E-state index in [2.05, 4.69) is 19.8 Å². The zero-order valence-corrected chi connectivity index (χ0v) is 21.0. The van der Waals surface area contributed by atoms with Crippen LogP contribution in [-0.2, 0) is 16.4 Å². The van der Waals surface area contributed by atoms with Crippen molar-refractivity contribution < 1.29 is 31.1 Å². The van der Waals surface area contributed by atoms with Crippen LogP contribution in [-0.4, -0.2) is 44.5 Å². The molecule has 1 heterocycles. The lowest BCUT2D eigenvalue weighted by Gasteiger charge is -2.19. The van der Waals surface area contributed by atoms with Crippen LogP contribution in [0.4, 0.5) is 18.9 Å². The van der Waals surface area contributed by atoms with Gasteiger partial charge < -0.3 is 20.8 Å². The molecular weight excluding hydrogens is 521 g/mol. The summed E-state index contributed by atoms with van der Waals surface area (Å²) in [6.07, 6.45) is -1.88. The Kier molecular flexibility index (Phi) is 7.65. The Hall–Kier alpha value is -4.03. The van der Waals surface area contributed by atoms with E-state index in [9.17, 15) is 26.4 Å². The summed E-state index contributed by atoms with van der Waals surface area (Å²) in [5.41, 5.74) is 8.46. The van der Waals surface area contributed by atoms with Gasteiger partial charge in [0.15, 0.2) is 0 Å². The molecule has 1 amide bonds. The van der Waals surface area contributed by atoms with Crippen molar-refractivity contribution in [2.75, 3.05) is 17.5 Å². The monoisotopic (exact) mass is 546 g/mol. The number of carbonyl (C=O) groups is 1. The fourth-order valence-corrected chi connectivity index (χ4v) is 4.65. The number of ether oxygens (including phenoxy) is 1. The van der Waals surface area contributed by atoms with Crippen LogP contribution in [0.2, 0.25) is 0 Å². The van der Waals surface area contributed by atoms with Crippen LogP contribution < -0.4 is 20.5 Å². The molecule has 3 aromatic carbocycles. The average molecular weight is 547 g/mol. The normalized spacial score (nSPS) is 12.8. The lowest BCUT2D eigenvalue weighted by Crippen LogP contribution is -2.42. The summed E-state index contributed by atoms with van der Waals surface area (Å²) in [5, 5.41) is 3.67. The maximum Gasteiger partial charge on any atom is 0.573 e. The minimum Gasteiger partial charge on any atom is -0.405 e. The third-order valence-corrected chi connectivity index (χ3v) is 6.32. The SMILES string of the molecule is CS(=O)(=O)Nc1cccc(-c2ccc(OC(F)(F)F)c(C(=O)NC(CN)Cc3c[nH]c4ccccc34)c2)c1. The van der Waals surface area contributed by atoms with Crippen LogP contribution in [0, 0.1) is 0 Å². The van der Waals surface area contributed by atoms with Gasteiger partial charge in [-0.05, 0) is 53.4 Å². The van der Waals surface area contributed by atoms with Crippen molar-refractivity contribution in [3.8, 4) is 16.9 Å². The number of rotatable bonds is 9. The molecule has 38 heavy (non-hydrogen) atoms. The van der Waals surface area contributed by atoms with E-state index >= 15 is 0 Å². The zero-order valence-electron chi connectivity index (χ0n) is 20.2. The molecule has 1 atom stereocenters. The van der Waals surface area contributed by atoms with Crippen LogP contribution in [0.15, 0.2) is 72.9 Å². The Labute approximate surface area is 217 Å². The van der Waals surface area contributed by atoms with Crippen molar-refractivity contribution in [1.29, 1.82) is 0 Å². The minimum absolute atomic E-state index is 0.0413. The first kappa shape index (κ1) is 27.0. The number of sulfonamides is 1. The number of aromatic amines is 1. The summed E-state index contributed by atoms with van der Waals surface area (Å²) in [5.74, 6) is -1.47. The number of alkyl halides is 3. The van der Waals surface area contributed by atoms with Crippen LogP contribution in [0.25, 0.3) is 22.0 Å². The predicted molar refractivity (Wildman–Crippen MR) is 139 cm³/mol. The molecule has 200 valence electrons. The van der Waals surface area contributed by atoms with E-state index in [4.69, 9.17) is 5.73 Å². The molecule has 8 nitrogen and oxygen atoms in total. The topological polar surface area (TPSA) is 126 Å². The molecule has 0 saturated heterocycles. The van der Waals surface area contributed by atoms with Gasteiger partial charge in [-0.2, -0.15) is 0 Å². The quantitative estimate of drug-likeness (QED) is 0.248. The molecule has 12 heteroatoms. The van der Waals surface area contributed by atoms with E-state index in [0.717, 1.165) is 28.8 Å². The van der Waals surface area contributed by atoms with Gasteiger partial charge in [-0.1, -0.05) is 36.4 Å². The first-order valence-electron chi connectivity index (χ1n) is 11.5. The van der Waals surface area contributed by atoms with Crippen LogP contribution in [0.1, 0.15) is 15.9 Å². The number of anilines is 1. The molecule has 1 unspecified atom stereocenters. The van der Waals surface area contributed by atoms with Crippen molar-refractivity contribution in [2.24, 2.45) is 5.73 Å². The first-order valence-corrected chi connectivity index (χ1v) is 13.3. The molecule has 0 aliphatic carbocycles. The Morgan fingerprint density at radius 2 is 1.79 bits per heavy atom. The van der Waals surface area contributed by atoms with Crippen molar-refractivity contribution in [3.63, 3.8) is 0 Å². The molecular formula is C26H25F3N4O4S. The second-order valence-electron chi connectivity index (χ2n) is 8.68. The highest BCUT2D eigenvalue weighted by atomic mass is 32.2. The van der Waals surface area contributed by atoms with Crippen molar-refractivity contribution in [1.82, 2.24) is 10.3 Å². The number of aromatic nitrogens is 1. The van der Waals surface area contributed by atoms with Gasteiger partial charge in [-0.3, -0.25) is 9.52 Å². The third kappa shape index (κ3) is 6.84. The fourth-order valence-electron chi connectivity index (χ4n) is 4.10. The summed E-state index contributed by atoms with van der Waals surface area (Å²) >= 11 is 0. The van der Waals surface area contributed by atoms with Crippen LogP contribution in [0.3, 0.4) is 0 Å². The molecule has 0 aliphatic heterocycles. The highest BCUT2D eigenvalue weighted by Crippen LogP contribution is 2.32. The van der Waals surface area contributed by atoms with E-state index in [-0.39, 0.29) is 17.8 Å². The van der Waals surface area contributed by atoms with Gasteiger partial charge in [0.2, 0.25) is 10.0 Å². The first-order chi connectivity index (χ1) is 17.9. The van der Waals surface area contributed by atoms with E-state index in [0.29, 0.717) is 17.5 Å². The number of nitrogens with one attached hydrogen (secondary N) is 3. The van der Waals surface area contributed by atoms with E-state index in [1.807, 2.05) is 24.3 Å². The lowest BCUT2D eigenvalue weighted by molar-refractivity contribution is -0.274. The molecule has 0 fully saturated rings. The highest BCUT2D eigenvalue weighted by Gasteiger charge is 2.33. The molecule has 0 saturated carbocycles. The molecule has 0 bridgehead atoms. The highest BCUT2D eigenvalue weighted by molar-refractivity contribution is 7.92. The van der Waals surface area contributed by atoms with E-state index < -0.39 is 34.1 Å². The Bertz CT molecular complexity index is 1570. The number of hydrogen-bond acceptors (Lipinski definition) is 5. The Morgan fingerprint density at radius 3 is 2.50 bits per heavy atom. The smallest absolute Gasteiger partial charge is 0.405 e. The minimum atomic E-state index is -5.02. The molecule has 0 radical (unpaired) electrons. The molecule has 0 aliphatic rings. The summed E-state index contributed by atoms with van der Waals surface area (Å²) in [4.78, 5) is 16.4. The van der Waals surface area contributed by atoms with Gasteiger partial charge in [0.25, 0.3) is 5.91 Å². The number of halogens is 3. The standard InChI is InChI=1S/C26H25F3N4O4S/c1-38(35,36)33-19-6-4-5-16(11-19)17-9-10-24(37-26(27,28)29)22(13-17)25(34)32-20(14-30)12-18-15-31-23-8-3-2-7-21(18)23/h2-11,13,15,20,31,33H,12,14,30H2,1H3,(H,32,34). The van der Waals surface area contributed by atoms with Crippen LogP contribution >= 0.6 is 0 Å². The van der Waals surface area contributed by atoms with Crippen LogP contribution in [0.5, 0.6) is 5.75 Å². The average Bonchev–Trinajstić information content (AvgIpc) is 3.24.